The van der Waals surface area contributed by atoms with E-state index in [9.17, 15) is 28.0 Å². The van der Waals surface area contributed by atoms with Gasteiger partial charge in [-0.3, -0.25) is 14.3 Å². The molecule has 0 aliphatic heterocycles. The smallest absolute Gasteiger partial charge is 0.290 e. The summed E-state index contributed by atoms with van der Waals surface area (Å²) in [5.41, 5.74) is -0.526. The molecule has 0 aliphatic carbocycles. The van der Waals surface area contributed by atoms with E-state index in [0.29, 0.717) is 13.1 Å². The van der Waals surface area contributed by atoms with Crippen molar-refractivity contribution in [2.24, 2.45) is 5.18 Å². The molecule has 12 nitrogen and oxygen atoms in total. The predicted octanol–water partition coefficient (Wildman–Crippen LogP) is -1.21. The second-order valence-electron chi connectivity index (χ2n) is 4.52. The minimum atomic E-state index is -4.69. The van der Waals surface area contributed by atoms with E-state index in [4.69, 9.17) is 0 Å². The number of anilines is 1. The fourth-order valence-electron chi connectivity index (χ4n) is 1.59. The van der Waals surface area contributed by atoms with Gasteiger partial charge in [0.05, 0.1) is 31.1 Å². The molecule has 0 aliphatic rings. The van der Waals surface area contributed by atoms with Crippen LogP contribution in [0.4, 0.5) is 17.2 Å². The molecule has 1 aromatic heterocycles. The lowest BCUT2D eigenvalue weighted by Gasteiger charge is -2.15. The summed E-state index contributed by atoms with van der Waals surface area (Å²) in [7, 11) is -2.95. The molecule has 1 heterocycles. The van der Waals surface area contributed by atoms with Gasteiger partial charge in [-0.05, 0) is 5.18 Å². The van der Waals surface area contributed by atoms with Crippen LogP contribution in [0.15, 0.2) is 17.4 Å². The number of aromatic nitrogens is 1. The van der Waals surface area contributed by atoms with Crippen molar-refractivity contribution >= 4 is 27.6 Å². The number of nitro groups is 1. The summed E-state index contributed by atoms with van der Waals surface area (Å²) >= 11 is 0. The van der Waals surface area contributed by atoms with Crippen LogP contribution in [0.25, 0.3) is 0 Å². The second kappa shape index (κ2) is 8.42. The van der Waals surface area contributed by atoms with Gasteiger partial charge in [-0.2, -0.15) is 0 Å². The summed E-state index contributed by atoms with van der Waals surface area (Å²) in [5, 5.41) is 16.1. The van der Waals surface area contributed by atoms with Gasteiger partial charge in [-0.25, -0.2) is 13.4 Å². The number of rotatable bonds is 10. The third kappa shape index (κ3) is 7.05. The SMILES string of the molecule is C[NH+](CCNc1ncc([N+](=O)[O-])cc1N=O)CCOS(=O)(=O)[O-]. The van der Waals surface area contributed by atoms with E-state index in [1.54, 1.807) is 7.05 Å². The van der Waals surface area contributed by atoms with Crippen molar-refractivity contribution in [3.63, 3.8) is 0 Å². The number of likely N-dealkylation sites (N-methyl/N-ethyl adjacent to an activating group) is 1. The standard InChI is InChI=1S/C10H15N5O7S/c1-14(4-5-22-23(19,20)21)3-2-11-10-9(13-16)6-8(7-12-10)15(17)18/h6-7H,2-5H2,1H3,(H,11,12)(H,19,20,21). The van der Waals surface area contributed by atoms with Crippen molar-refractivity contribution in [1.82, 2.24) is 4.98 Å². The van der Waals surface area contributed by atoms with E-state index in [1.165, 1.54) is 0 Å². The predicted molar refractivity (Wildman–Crippen MR) is 77.1 cm³/mol. The highest BCUT2D eigenvalue weighted by atomic mass is 32.3. The fourth-order valence-corrected chi connectivity index (χ4v) is 1.87. The lowest BCUT2D eigenvalue weighted by atomic mass is 10.3. The van der Waals surface area contributed by atoms with Crippen LogP contribution in [0.3, 0.4) is 0 Å². The number of pyridine rings is 1. The first kappa shape index (κ1) is 18.8. The Hall–Kier alpha value is -2.22. The number of hydrogen-bond donors (Lipinski definition) is 2. The molecule has 0 saturated carbocycles. The molecular weight excluding hydrogens is 334 g/mol. The van der Waals surface area contributed by atoms with Gasteiger partial charge in [0.2, 0.25) is 10.4 Å². The Labute approximate surface area is 131 Å². The lowest BCUT2D eigenvalue weighted by molar-refractivity contribution is -0.877. The van der Waals surface area contributed by atoms with Gasteiger partial charge >= 0.3 is 0 Å². The van der Waals surface area contributed by atoms with Gasteiger partial charge in [0.25, 0.3) is 5.69 Å². The highest BCUT2D eigenvalue weighted by molar-refractivity contribution is 7.80. The quantitative estimate of drug-likeness (QED) is 0.173. The van der Waals surface area contributed by atoms with Gasteiger partial charge in [0.15, 0.2) is 11.5 Å². The average Bonchev–Trinajstić information content (AvgIpc) is 2.45. The van der Waals surface area contributed by atoms with Crippen LogP contribution in [-0.4, -0.2) is 56.2 Å². The van der Waals surface area contributed by atoms with Crippen LogP contribution in [0, 0.1) is 15.0 Å². The van der Waals surface area contributed by atoms with Crippen molar-refractivity contribution in [2.45, 2.75) is 0 Å². The number of hydrogen-bond acceptors (Lipinski definition) is 10. The minimum Gasteiger partial charge on any atom is -0.726 e. The molecule has 0 radical (unpaired) electrons. The monoisotopic (exact) mass is 349 g/mol. The van der Waals surface area contributed by atoms with Crippen LogP contribution < -0.4 is 10.2 Å². The van der Waals surface area contributed by atoms with E-state index in [0.717, 1.165) is 17.2 Å². The molecule has 1 unspecified atom stereocenters. The molecule has 0 spiro atoms. The Morgan fingerprint density at radius 2 is 2.17 bits per heavy atom. The van der Waals surface area contributed by atoms with Crippen molar-refractivity contribution < 1.29 is 27.0 Å². The number of nitrogens with one attached hydrogen (secondary N) is 2. The van der Waals surface area contributed by atoms with E-state index < -0.39 is 15.3 Å². The van der Waals surface area contributed by atoms with Crippen LogP contribution >= 0.6 is 0 Å². The van der Waals surface area contributed by atoms with E-state index in [-0.39, 0.29) is 30.3 Å². The summed E-state index contributed by atoms with van der Waals surface area (Å²) in [4.78, 5) is 25.2. The topological polar surface area (TPSA) is 168 Å². The molecule has 0 fully saturated rings. The van der Waals surface area contributed by atoms with Crippen molar-refractivity contribution in [3.05, 3.63) is 27.3 Å². The Bertz CT molecular complexity index is 666. The molecule has 2 N–H and O–H groups in total. The average molecular weight is 349 g/mol. The Morgan fingerprint density at radius 1 is 1.48 bits per heavy atom. The van der Waals surface area contributed by atoms with Gasteiger partial charge in [0, 0.05) is 0 Å². The highest BCUT2D eigenvalue weighted by Crippen LogP contribution is 2.26. The van der Waals surface area contributed by atoms with Gasteiger partial charge in [0.1, 0.15) is 19.3 Å². The van der Waals surface area contributed by atoms with Crippen LogP contribution in [0.2, 0.25) is 0 Å². The fraction of sp³-hybridized carbons (Fsp3) is 0.500. The molecule has 0 bridgehead atoms. The molecule has 0 amide bonds. The summed E-state index contributed by atoms with van der Waals surface area (Å²) in [6.45, 7) is 0.854. The zero-order valence-electron chi connectivity index (χ0n) is 12.1. The zero-order valence-corrected chi connectivity index (χ0v) is 12.9. The summed E-state index contributed by atoms with van der Waals surface area (Å²) in [6.07, 6.45) is 1.00. The van der Waals surface area contributed by atoms with Crippen LogP contribution in [-0.2, 0) is 14.6 Å². The largest absolute Gasteiger partial charge is 0.726 e. The molecule has 1 atom stereocenters. The van der Waals surface area contributed by atoms with Crippen LogP contribution in [0.1, 0.15) is 0 Å². The molecule has 0 aromatic carbocycles. The van der Waals surface area contributed by atoms with Gasteiger partial charge < -0.3 is 14.8 Å². The molecule has 128 valence electrons. The Kier molecular flexibility index (Phi) is 6.89. The van der Waals surface area contributed by atoms with E-state index in [1.807, 2.05) is 0 Å². The summed E-state index contributed by atoms with van der Waals surface area (Å²) in [5.74, 6) is 0.108. The first-order chi connectivity index (χ1) is 10.7. The maximum absolute atomic E-state index is 10.7. The Balaban J connectivity index is 2.46. The van der Waals surface area contributed by atoms with E-state index >= 15 is 0 Å². The lowest BCUT2D eigenvalue weighted by Crippen LogP contribution is -3.10. The van der Waals surface area contributed by atoms with Crippen LogP contribution in [0.5, 0.6) is 0 Å². The minimum absolute atomic E-state index is 0.108. The first-order valence-corrected chi connectivity index (χ1v) is 7.69. The second-order valence-corrected chi connectivity index (χ2v) is 5.58. The number of quaternary nitrogens is 1. The highest BCUT2D eigenvalue weighted by Gasteiger charge is 2.13. The maximum Gasteiger partial charge on any atom is 0.290 e. The van der Waals surface area contributed by atoms with Crippen molar-refractivity contribution in [3.8, 4) is 0 Å². The Morgan fingerprint density at radius 3 is 2.74 bits per heavy atom. The maximum atomic E-state index is 10.7. The summed E-state index contributed by atoms with van der Waals surface area (Å²) < 4.78 is 34.9. The molecular formula is C10H15N5O7S. The molecule has 1 aromatic rings. The van der Waals surface area contributed by atoms with Gasteiger partial charge in [-0.15, -0.1) is 4.91 Å². The number of nitrogens with zero attached hydrogens (tertiary/aromatic N) is 3. The number of nitroso groups, excluding NO2 is 1. The summed E-state index contributed by atoms with van der Waals surface area (Å²) in [6, 6.07) is 1.01. The molecule has 13 heteroatoms. The zero-order chi connectivity index (χ0) is 17.5. The molecule has 23 heavy (non-hydrogen) atoms. The van der Waals surface area contributed by atoms with Crippen molar-refractivity contribution in [2.75, 3.05) is 38.6 Å². The van der Waals surface area contributed by atoms with Gasteiger partial charge in [-0.1, -0.05) is 0 Å². The molecule has 0 saturated heterocycles. The third-order valence-corrected chi connectivity index (χ3v) is 3.22. The van der Waals surface area contributed by atoms with Crippen molar-refractivity contribution in [1.29, 1.82) is 0 Å². The normalized spacial score (nSPS) is 12.6. The van der Waals surface area contributed by atoms with E-state index in [2.05, 4.69) is 19.7 Å². The first-order valence-electron chi connectivity index (χ1n) is 6.36. The third-order valence-electron chi connectivity index (χ3n) is 2.76. The molecule has 1 rings (SSSR count).